The van der Waals surface area contributed by atoms with Crippen LogP contribution in [-0.2, 0) is 9.22 Å². The van der Waals surface area contributed by atoms with E-state index in [-0.39, 0.29) is 5.97 Å². The molecule has 0 spiro atoms. The molecule has 0 aliphatic carbocycles. The zero-order valence-electron chi connectivity index (χ0n) is 8.60. The lowest BCUT2D eigenvalue weighted by atomic mass is 10.0. The van der Waals surface area contributed by atoms with Gasteiger partial charge in [-0.15, -0.1) is 0 Å². The fourth-order valence-electron chi connectivity index (χ4n) is 0.539. The van der Waals surface area contributed by atoms with Crippen LogP contribution in [0.25, 0.3) is 0 Å². The first-order chi connectivity index (χ1) is 5.19. The van der Waals surface area contributed by atoms with Gasteiger partial charge >= 0.3 is 5.97 Å². The number of carbonyl (C=O) groups is 1. The summed E-state index contributed by atoms with van der Waals surface area (Å²) in [5.74, 6) is -0.274. The molecule has 0 amide bonds. The van der Waals surface area contributed by atoms with Crippen molar-refractivity contribution in [2.75, 3.05) is 0 Å². The van der Waals surface area contributed by atoms with Gasteiger partial charge in [0.15, 0.2) is 0 Å². The van der Waals surface area contributed by atoms with Gasteiger partial charge in [-0.1, -0.05) is 6.92 Å². The molecule has 12 heavy (non-hydrogen) atoms. The van der Waals surface area contributed by atoms with E-state index in [9.17, 15) is 4.79 Å². The lowest BCUT2D eigenvalue weighted by Gasteiger charge is -2.26. The van der Waals surface area contributed by atoms with E-state index < -0.39 is 13.9 Å². The summed E-state index contributed by atoms with van der Waals surface area (Å²) in [6.45, 7) is 9.49. The normalized spacial score (nSPS) is 16.8. The molecule has 0 bridgehead atoms. The minimum absolute atomic E-state index is 0.274. The number of carbonyl (C=O) groups excluding carboxylic acids is 1. The highest BCUT2D eigenvalue weighted by Gasteiger charge is 2.31. The number of nitrogens with two attached hydrogens (primary N) is 1. The molecule has 0 saturated carbocycles. The largest absolute Gasteiger partial charge is 0.519 e. The molecule has 2 N–H and O–H groups in total. The lowest BCUT2D eigenvalue weighted by Crippen LogP contribution is -2.49. The molecule has 0 aromatic heterocycles. The molecular formula is C8H19NO2Si. The predicted octanol–water partition coefficient (Wildman–Crippen LogP) is 1.49. The Hall–Kier alpha value is -0.353. The predicted molar refractivity (Wildman–Crippen MR) is 52.3 cm³/mol. The summed E-state index contributed by atoms with van der Waals surface area (Å²) in [5, 5.41) is 0. The monoisotopic (exact) mass is 189 g/mol. The van der Waals surface area contributed by atoms with E-state index in [0.29, 0.717) is 6.42 Å². The topological polar surface area (TPSA) is 52.3 Å². The van der Waals surface area contributed by atoms with Crippen LogP contribution in [0.5, 0.6) is 0 Å². The van der Waals surface area contributed by atoms with Crippen molar-refractivity contribution in [3.8, 4) is 0 Å². The van der Waals surface area contributed by atoms with Crippen LogP contribution in [0.4, 0.5) is 0 Å². The first-order valence-corrected chi connectivity index (χ1v) is 7.62. The van der Waals surface area contributed by atoms with Gasteiger partial charge < -0.3 is 10.2 Å². The Morgan fingerprint density at radius 1 is 1.50 bits per heavy atom. The molecule has 1 unspecified atom stereocenters. The molecule has 0 aliphatic rings. The SMILES string of the molecule is CCC(C)(N)C(=O)O[Si](C)(C)C. The summed E-state index contributed by atoms with van der Waals surface area (Å²) in [6, 6.07) is 0. The average Bonchev–Trinajstić information content (AvgIpc) is 1.84. The number of hydrogen-bond acceptors (Lipinski definition) is 3. The summed E-state index contributed by atoms with van der Waals surface area (Å²) < 4.78 is 5.27. The fraction of sp³-hybridized carbons (Fsp3) is 0.875. The first kappa shape index (κ1) is 11.6. The Kier molecular flexibility index (Phi) is 3.47. The van der Waals surface area contributed by atoms with E-state index in [1.54, 1.807) is 6.92 Å². The molecule has 72 valence electrons. The van der Waals surface area contributed by atoms with E-state index in [1.807, 2.05) is 26.6 Å². The molecule has 0 fully saturated rings. The summed E-state index contributed by atoms with van der Waals surface area (Å²) in [4.78, 5) is 11.4. The molecule has 0 saturated heterocycles. The van der Waals surface area contributed by atoms with Crippen molar-refractivity contribution in [1.82, 2.24) is 0 Å². The van der Waals surface area contributed by atoms with Gasteiger partial charge in [-0.25, -0.2) is 0 Å². The van der Waals surface area contributed by atoms with Crippen LogP contribution < -0.4 is 5.73 Å². The second kappa shape index (κ2) is 3.58. The van der Waals surface area contributed by atoms with Gasteiger partial charge in [-0.05, 0) is 33.0 Å². The van der Waals surface area contributed by atoms with Crippen molar-refractivity contribution in [2.45, 2.75) is 45.4 Å². The van der Waals surface area contributed by atoms with Gasteiger partial charge in [0.2, 0.25) is 8.32 Å². The van der Waals surface area contributed by atoms with Crippen LogP contribution in [-0.4, -0.2) is 19.8 Å². The molecule has 0 radical (unpaired) electrons. The second-order valence-corrected chi connectivity index (χ2v) is 8.70. The van der Waals surface area contributed by atoms with Crippen LogP contribution in [0, 0.1) is 0 Å². The third-order valence-electron chi connectivity index (χ3n) is 1.60. The van der Waals surface area contributed by atoms with E-state index >= 15 is 0 Å². The van der Waals surface area contributed by atoms with Gasteiger partial charge in [0, 0.05) is 0 Å². The number of rotatable bonds is 3. The van der Waals surface area contributed by atoms with Crippen molar-refractivity contribution in [3.05, 3.63) is 0 Å². The van der Waals surface area contributed by atoms with E-state index in [4.69, 9.17) is 10.2 Å². The van der Waals surface area contributed by atoms with Crippen LogP contribution in [0.2, 0.25) is 19.6 Å². The van der Waals surface area contributed by atoms with Gasteiger partial charge in [-0.3, -0.25) is 4.79 Å². The molecule has 4 heteroatoms. The Morgan fingerprint density at radius 2 is 1.92 bits per heavy atom. The molecule has 0 aromatic carbocycles. The Morgan fingerprint density at radius 3 is 2.17 bits per heavy atom. The Labute approximate surface area is 75.4 Å². The Balaban J connectivity index is 4.23. The van der Waals surface area contributed by atoms with Crippen LogP contribution >= 0.6 is 0 Å². The third kappa shape index (κ3) is 3.87. The van der Waals surface area contributed by atoms with Crippen LogP contribution in [0.15, 0.2) is 0 Å². The molecule has 0 aliphatic heterocycles. The van der Waals surface area contributed by atoms with Crippen LogP contribution in [0.1, 0.15) is 20.3 Å². The van der Waals surface area contributed by atoms with Crippen molar-refractivity contribution in [2.24, 2.45) is 5.73 Å². The molecule has 0 rings (SSSR count). The van der Waals surface area contributed by atoms with Crippen LogP contribution in [0.3, 0.4) is 0 Å². The van der Waals surface area contributed by atoms with Crippen molar-refractivity contribution >= 4 is 14.3 Å². The smallest absolute Gasteiger partial charge is 0.312 e. The van der Waals surface area contributed by atoms with Crippen molar-refractivity contribution < 1.29 is 9.22 Å². The summed E-state index contributed by atoms with van der Waals surface area (Å²) in [5.41, 5.74) is 4.90. The van der Waals surface area contributed by atoms with Crippen molar-refractivity contribution in [3.63, 3.8) is 0 Å². The summed E-state index contributed by atoms with van der Waals surface area (Å²) in [6.07, 6.45) is 0.607. The van der Waals surface area contributed by atoms with Gasteiger partial charge in [0.05, 0.1) is 0 Å². The van der Waals surface area contributed by atoms with E-state index in [2.05, 4.69) is 0 Å². The highest BCUT2D eigenvalue weighted by Crippen LogP contribution is 2.12. The molecular weight excluding hydrogens is 170 g/mol. The zero-order chi connectivity index (χ0) is 9.99. The fourth-order valence-corrected chi connectivity index (χ4v) is 1.33. The standard InChI is InChI=1S/C8H19NO2Si/c1-6-8(2,9)7(10)11-12(3,4)5/h6,9H2,1-5H3. The quantitative estimate of drug-likeness (QED) is 0.684. The molecule has 0 heterocycles. The third-order valence-corrected chi connectivity index (χ3v) is 2.40. The highest BCUT2D eigenvalue weighted by molar-refractivity contribution is 6.71. The molecule has 3 nitrogen and oxygen atoms in total. The zero-order valence-corrected chi connectivity index (χ0v) is 9.60. The summed E-state index contributed by atoms with van der Waals surface area (Å²) in [7, 11) is -1.78. The van der Waals surface area contributed by atoms with E-state index in [0.717, 1.165) is 0 Å². The number of hydrogen-bond donors (Lipinski definition) is 1. The first-order valence-electron chi connectivity index (χ1n) is 4.21. The second-order valence-electron chi connectivity index (χ2n) is 4.27. The van der Waals surface area contributed by atoms with Crippen molar-refractivity contribution in [1.29, 1.82) is 0 Å². The molecule has 1 atom stereocenters. The Bertz CT molecular complexity index is 172. The van der Waals surface area contributed by atoms with Gasteiger partial charge in [0.1, 0.15) is 5.54 Å². The molecule has 0 aromatic rings. The highest BCUT2D eigenvalue weighted by atomic mass is 28.4. The minimum atomic E-state index is -1.78. The maximum Gasteiger partial charge on any atom is 0.312 e. The minimum Gasteiger partial charge on any atom is -0.519 e. The van der Waals surface area contributed by atoms with Gasteiger partial charge in [0.25, 0.3) is 0 Å². The maximum atomic E-state index is 11.4. The van der Waals surface area contributed by atoms with Gasteiger partial charge in [-0.2, -0.15) is 0 Å². The lowest BCUT2D eigenvalue weighted by molar-refractivity contribution is -0.140. The maximum absolute atomic E-state index is 11.4. The van der Waals surface area contributed by atoms with E-state index in [1.165, 1.54) is 0 Å². The average molecular weight is 189 g/mol. The summed E-state index contributed by atoms with van der Waals surface area (Å²) >= 11 is 0.